The number of H-pyrrole nitrogens is 1. The number of allylic oxidation sites excluding steroid dienone is 2. The highest BCUT2D eigenvalue weighted by molar-refractivity contribution is 9.10. The van der Waals surface area contributed by atoms with Gasteiger partial charge < -0.3 is 25.0 Å². The Labute approximate surface area is 266 Å². The molecule has 10 heteroatoms. The molecule has 1 aromatic heterocycles. The number of hydrogen-bond acceptors (Lipinski definition) is 3. The Morgan fingerprint density at radius 3 is 2.49 bits per heavy atom. The van der Waals surface area contributed by atoms with Gasteiger partial charge in [0.15, 0.2) is 0 Å². The summed E-state index contributed by atoms with van der Waals surface area (Å²) in [6, 6.07) is 13.0. The smallest absolute Gasteiger partial charge is 0.317 e. The minimum atomic E-state index is -1.01. The van der Waals surface area contributed by atoms with Gasteiger partial charge in [0.2, 0.25) is 11.8 Å². The van der Waals surface area contributed by atoms with Crippen LogP contribution in [-0.4, -0.2) is 70.3 Å². The normalized spacial score (nSPS) is 20.9. The number of aromatic nitrogens is 1. The SMILES string of the molecule is CCC/C=C/C[C@@]1(C(=O)N2CCN(C(=O)NCC)CC2)CC(=O)N(Cc2ccc(Br)cc2)[C@H]1c1c[nH]c2cc(Cl)ccc12. The monoisotopic (exact) mass is 667 g/mol. The minimum Gasteiger partial charge on any atom is -0.361 e. The highest BCUT2D eigenvalue weighted by atomic mass is 79.9. The van der Waals surface area contributed by atoms with Gasteiger partial charge in [0.05, 0.1) is 11.5 Å². The number of piperazine rings is 1. The molecule has 2 atom stereocenters. The standard InChI is InChI=1S/C33H39BrClN5O3/c1-3-5-6-7-14-33(31(42)38-15-17-39(18-16-38)32(43)36-4-2)20-29(41)40(22-23-8-10-24(34)11-9-23)30(33)27-21-37-28-19-25(35)12-13-26(27)28/h6-13,19,21,30,37H,3-5,14-18,20,22H2,1-2H3,(H,36,43)/b7-6+/t30-,33+/m0/s1. The van der Waals surface area contributed by atoms with Crippen molar-refractivity contribution in [1.82, 2.24) is 25.0 Å². The summed E-state index contributed by atoms with van der Waals surface area (Å²) >= 11 is 9.84. The molecule has 2 fully saturated rings. The van der Waals surface area contributed by atoms with Gasteiger partial charge in [-0.3, -0.25) is 9.59 Å². The summed E-state index contributed by atoms with van der Waals surface area (Å²) in [5.41, 5.74) is 1.75. The quantitative estimate of drug-likeness (QED) is 0.250. The molecule has 3 aromatic rings. The first-order chi connectivity index (χ1) is 20.8. The molecule has 228 valence electrons. The highest BCUT2D eigenvalue weighted by Gasteiger charge is 2.58. The van der Waals surface area contributed by atoms with Crippen LogP contribution in [0.2, 0.25) is 5.02 Å². The Bertz CT molecular complexity index is 1500. The average molecular weight is 669 g/mol. The van der Waals surface area contributed by atoms with Crippen LogP contribution in [0.5, 0.6) is 0 Å². The van der Waals surface area contributed by atoms with E-state index in [0.717, 1.165) is 39.3 Å². The summed E-state index contributed by atoms with van der Waals surface area (Å²) in [7, 11) is 0. The van der Waals surface area contributed by atoms with Gasteiger partial charge in [0.25, 0.3) is 0 Å². The van der Waals surface area contributed by atoms with E-state index >= 15 is 0 Å². The number of aromatic amines is 1. The Balaban J connectivity index is 1.57. The van der Waals surface area contributed by atoms with Crippen molar-refractivity contribution in [2.45, 2.75) is 52.1 Å². The van der Waals surface area contributed by atoms with Crippen LogP contribution in [0, 0.1) is 5.41 Å². The zero-order valence-corrected chi connectivity index (χ0v) is 27.1. The third-order valence-electron chi connectivity index (χ3n) is 8.57. The van der Waals surface area contributed by atoms with Gasteiger partial charge in [-0.15, -0.1) is 0 Å². The molecule has 0 bridgehead atoms. The number of rotatable bonds is 9. The number of likely N-dealkylation sites (tertiary alicyclic amines) is 1. The van der Waals surface area contributed by atoms with E-state index in [1.54, 1.807) is 4.90 Å². The van der Waals surface area contributed by atoms with E-state index in [9.17, 15) is 14.4 Å². The number of nitrogens with one attached hydrogen (secondary N) is 2. The molecule has 2 aromatic carbocycles. The molecule has 43 heavy (non-hydrogen) atoms. The van der Waals surface area contributed by atoms with Crippen molar-refractivity contribution in [2.75, 3.05) is 32.7 Å². The Morgan fingerprint density at radius 1 is 1.07 bits per heavy atom. The van der Waals surface area contributed by atoms with E-state index in [1.807, 2.05) is 65.4 Å². The molecule has 0 unspecified atom stereocenters. The molecule has 0 aliphatic carbocycles. The van der Waals surface area contributed by atoms with Gasteiger partial charge in [-0.2, -0.15) is 0 Å². The van der Waals surface area contributed by atoms with E-state index in [4.69, 9.17) is 11.6 Å². The van der Waals surface area contributed by atoms with Crippen LogP contribution in [0.4, 0.5) is 4.79 Å². The maximum absolute atomic E-state index is 14.8. The van der Waals surface area contributed by atoms with Crippen molar-refractivity contribution < 1.29 is 14.4 Å². The summed E-state index contributed by atoms with van der Waals surface area (Å²) in [5.74, 6) is -0.0846. The molecule has 3 heterocycles. The molecular weight excluding hydrogens is 630 g/mol. The van der Waals surface area contributed by atoms with Crippen molar-refractivity contribution in [3.05, 3.63) is 81.4 Å². The lowest BCUT2D eigenvalue weighted by molar-refractivity contribution is -0.145. The van der Waals surface area contributed by atoms with Crippen LogP contribution in [0.3, 0.4) is 0 Å². The molecule has 2 N–H and O–H groups in total. The molecule has 5 rings (SSSR count). The maximum atomic E-state index is 14.8. The summed E-state index contributed by atoms with van der Waals surface area (Å²) in [4.78, 5) is 50.2. The summed E-state index contributed by atoms with van der Waals surface area (Å²) in [6.07, 6.45) is 8.60. The Kier molecular flexibility index (Phi) is 9.82. The lowest BCUT2D eigenvalue weighted by Crippen LogP contribution is -2.56. The predicted octanol–water partition coefficient (Wildman–Crippen LogP) is 6.66. The number of halogens is 2. The van der Waals surface area contributed by atoms with E-state index in [-0.39, 0.29) is 24.3 Å². The maximum Gasteiger partial charge on any atom is 0.317 e. The second kappa shape index (κ2) is 13.6. The van der Waals surface area contributed by atoms with E-state index in [1.165, 1.54) is 0 Å². The lowest BCUT2D eigenvalue weighted by atomic mass is 9.72. The molecule has 2 saturated heterocycles. The van der Waals surface area contributed by atoms with Crippen molar-refractivity contribution in [2.24, 2.45) is 5.41 Å². The average Bonchev–Trinajstić information content (AvgIpc) is 3.53. The number of carbonyl (C=O) groups excluding carboxylic acids is 3. The molecular formula is C33H39BrClN5O3. The van der Waals surface area contributed by atoms with Gasteiger partial charge in [-0.25, -0.2) is 4.79 Å². The molecule has 4 amide bonds. The molecule has 0 saturated carbocycles. The van der Waals surface area contributed by atoms with Crippen molar-refractivity contribution in [3.63, 3.8) is 0 Å². The zero-order chi connectivity index (χ0) is 30.6. The molecule has 8 nitrogen and oxygen atoms in total. The minimum absolute atomic E-state index is 0.0378. The Hall–Kier alpha value is -3.30. The fourth-order valence-corrected chi connectivity index (χ4v) is 6.86. The topological polar surface area (TPSA) is 88.8 Å². The zero-order valence-electron chi connectivity index (χ0n) is 24.7. The first kappa shape index (κ1) is 31.1. The summed E-state index contributed by atoms with van der Waals surface area (Å²) in [6.45, 7) is 6.70. The van der Waals surface area contributed by atoms with Gasteiger partial charge in [-0.1, -0.05) is 71.2 Å². The van der Waals surface area contributed by atoms with Crippen molar-refractivity contribution in [1.29, 1.82) is 0 Å². The number of urea groups is 1. The van der Waals surface area contributed by atoms with Crippen LogP contribution in [0.15, 0.2) is 65.3 Å². The number of hydrogen-bond donors (Lipinski definition) is 2. The highest BCUT2D eigenvalue weighted by Crippen LogP contribution is 2.53. The van der Waals surface area contributed by atoms with Crippen LogP contribution in [0.1, 0.15) is 56.7 Å². The van der Waals surface area contributed by atoms with Crippen LogP contribution < -0.4 is 5.32 Å². The fraction of sp³-hybridized carbons (Fsp3) is 0.424. The number of benzene rings is 2. The van der Waals surface area contributed by atoms with E-state index in [2.05, 4.69) is 45.3 Å². The predicted molar refractivity (Wildman–Crippen MR) is 174 cm³/mol. The molecule has 0 spiro atoms. The molecule has 2 aliphatic rings. The van der Waals surface area contributed by atoms with Gasteiger partial charge in [0.1, 0.15) is 0 Å². The van der Waals surface area contributed by atoms with Gasteiger partial charge >= 0.3 is 6.03 Å². The van der Waals surface area contributed by atoms with Crippen LogP contribution >= 0.6 is 27.5 Å². The van der Waals surface area contributed by atoms with Gasteiger partial charge in [-0.05, 0) is 49.6 Å². The second-order valence-corrected chi connectivity index (χ2v) is 12.7. The second-order valence-electron chi connectivity index (χ2n) is 11.4. The number of fused-ring (bicyclic) bond motifs is 1. The van der Waals surface area contributed by atoms with Crippen LogP contribution in [-0.2, 0) is 16.1 Å². The summed E-state index contributed by atoms with van der Waals surface area (Å²) in [5, 5.41) is 4.41. The summed E-state index contributed by atoms with van der Waals surface area (Å²) < 4.78 is 0.964. The number of amides is 4. The fourth-order valence-electron chi connectivity index (χ4n) is 6.42. The molecule has 0 radical (unpaired) electrons. The number of carbonyl (C=O) groups is 3. The van der Waals surface area contributed by atoms with E-state index in [0.29, 0.717) is 50.7 Å². The van der Waals surface area contributed by atoms with Gasteiger partial charge in [0, 0.05) is 77.8 Å². The largest absolute Gasteiger partial charge is 0.361 e. The lowest BCUT2D eigenvalue weighted by Gasteiger charge is -2.42. The number of unbranched alkanes of at least 4 members (excludes halogenated alkanes) is 1. The van der Waals surface area contributed by atoms with Crippen LogP contribution in [0.25, 0.3) is 10.9 Å². The van der Waals surface area contributed by atoms with E-state index < -0.39 is 11.5 Å². The first-order valence-corrected chi connectivity index (χ1v) is 16.2. The Morgan fingerprint density at radius 2 is 1.79 bits per heavy atom. The molecule has 2 aliphatic heterocycles. The first-order valence-electron chi connectivity index (χ1n) is 15.0. The third kappa shape index (κ3) is 6.48. The van der Waals surface area contributed by atoms with Crippen molar-refractivity contribution in [3.8, 4) is 0 Å². The third-order valence-corrected chi connectivity index (χ3v) is 9.33. The van der Waals surface area contributed by atoms with Crippen molar-refractivity contribution >= 4 is 56.3 Å². The number of nitrogens with zero attached hydrogens (tertiary/aromatic N) is 3.